The zero-order valence-corrected chi connectivity index (χ0v) is 16.3. The van der Waals surface area contributed by atoms with Crippen LogP contribution in [0.2, 0.25) is 0 Å². The van der Waals surface area contributed by atoms with Crippen molar-refractivity contribution in [2.75, 3.05) is 32.1 Å². The number of thiophene rings is 1. The number of ether oxygens (including phenoxy) is 1. The van der Waals surface area contributed by atoms with Crippen LogP contribution in [-0.2, 0) is 11.2 Å². The molecule has 7 heteroatoms. The van der Waals surface area contributed by atoms with Gasteiger partial charge in [-0.25, -0.2) is 4.79 Å². The molecule has 0 bridgehead atoms. The van der Waals surface area contributed by atoms with E-state index in [1.807, 2.05) is 41.8 Å². The highest BCUT2D eigenvalue weighted by atomic mass is 32.1. The van der Waals surface area contributed by atoms with Crippen LogP contribution in [0.3, 0.4) is 0 Å². The number of likely N-dealkylation sites (tertiary alicyclic amines) is 1. The van der Waals surface area contributed by atoms with Crippen LogP contribution < -0.4 is 15.4 Å². The molecule has 144 valence electrons. The van der Waals surface area contributed by atoms with Gasteiger partial charge in [0.1, 0.15) is 5.75 Å². The lowest BCUT2D eigenvalue weighted by atomic mass is 9.96. The molecule has 2 heterocycles. The lowest BCUT2D eigenvalue weighted by molar-refractivity contribution is -0.126. The summed E-state index contributed by atoms with van der Waals surface area (Å²) in [5, 5.41) is 8.68. The van der Waals surface area contributed by atoms with Crippen molar-refractivity contribution in [1.29, 1.82) is 0 Å². The average molecular weight is 388 g/mol. The Balaban J connectivity index is 1.40. The van der Waals surface area contributed by atoms with Gasteiger partial charge in [0.15, 0.2) is 0 Å². The van der Waals surface area contributed by atoms with Crippen molar-refractivity contribution in [2.45, 2.75) is 19.3 Å². The Morgan fingerprint density at radius 1 is 1.19 bits per heavy atom. The third-order valence-electron chi connectivity index (χ3n) is 4.79. The van der Waals surface area contributed by atoms with Gasteiger partial charge in [0, 0.05) is 25.6 Å². The Kier molecular flexibility index (Phi) is 6.70. The van der Waals surface area contributed by atoms with Crippen molar-refractivity contribution in [2.24, 2.45) is 5.92 Å². The van der Waals surface area contributed by atoms with Crippen LogP contribution in [0.25, 0.3) is 0 Å². The number of benzene rings is 1. The van der Waals surface area contributed by atoms with E-state index >= 15 is 0 Å². The second kappa shape index (κ2) is 9.41. The first-order valence-corrected chi connectivity index (χ1v) is 10.0. The molecular weight excluding hydrogens is 362 g/mol. The number of carbonyl (C=O) groups excluding carboxylic acids is 2. The maximum atomic E-state index is 12.4. The fourth-order valence-electron chi connectivity index (χ4n) is 3.25. The fourth-order valence-corrected chi connectivity index (χ4v) is 3.86. The number of para-hydroxylation sites is 1. The second-order valence-electron chi connectivity index (χ2n) is 6.52. The van der Waals surface area contributed by atoms with Crippen molar-refractivity contribution in [3.8, 4) is 5.75 Å². The minimum absolute atomic E-state index is 0.0338. The quantitative estimate of drug-likeness (QED) is 0.798. The monoisotopic (exact) mass is 387 g/mol. The van der Waals surface area contributed by atoms with Crippen LogP contribution in [0.1, 0.15) is 18.4 Å². The number of amides is 3. The molecule has 2 aromatic rings. The highest BCUT2D eigenvalue weighted by molar-refractivity contribution is 7.14. The highest BCUT2D eigenvalue weighted by Gasteiger charge is 2.27. The predicted molar refractivity (Wildman–Crippen MR) is 107 cm³/mol. The van der Waals surface area contributed by atoms with Gasteiger partial charge < -0.3 is 15.0 Å². The number of rotatable bonds is 6. The molecule has 1 saturated heterocycles. The topological polar surface area (TPSA) is 70.7 Å². The van der Waals surface area contributed by atoms with E-state index in [-0.39, 0.29) is 17.9 Å². The fraction of sp³-hybridized carbons (Fsp3) is 0.400. The summed E-state index contributed by atoms with van der Waals surface area (Å²) in [6.07, 6.45) is 2.12. The first-order chi connectivity index (χ1) is 13.2. The minimum atomic E-state index is -0.0903. The number of anilines is 1. The number of methoxy groups -OCH3 is 1. The molecule has 0 radical (unpaired) electrons. The number of hydrogen-bond acceptors (Lipinski definition) is 4. The molecule has 0 saturated carbocycles. The summed E-state index contributed by atoms with van der Waals surface area (Å²) in [7, 11) is 1.65. The molecule has 6 nitrogen and oxygen atoms in total. The minimum Gasteiger partial charge on any atom is -0.496 e. The van der Waals surface area contributed by atoms with E-state index in [2.05, 4.69) is 10.6 Å². The molecule has 0 spiro atoms. The molecule has 0 aliphatic carbocycles. The van der Waals surface area contributed by atoms with Crippen molar-refractivity contribution >= 4 is 28.3 Å². The predicted octanol–water partition coefficient (Wildman–Crippen LogP) is 3.36. The van der Waals surface area contributed by atoms with E-state index in [0.717, 1.165) is 22.7 Å². The van der Waals surface area contributed by atoms with Crippen molar-refractivity contribution in [1.82, 2.24) is 10.2 Å². The maximum absolute atomic E-state index is 12.4. The Bertz CT molecular complexity index is 756. The zero-order valence-electron chi connectivity index (χ0n) is 15.4. The van der Waals surface area contributed by atoms with E-state index in [1.165, 1.54) is 11.3 Å². The van der Waals surface area contributed by atoms with Gasteiger partial charge in [0.2, 0.25) is 5.91 Å². The number of urea groups is 1. The SMILES string of the molecule is COc1ccccc1CCNC(=O)C1CCN(C(=O)Nc2cccs2)CC1. The van der Waals surface area contributed by atoms with Gasteiger partial charge in [-0.1, -0.05) is 18.2 Å². The molecule has 1 fully saturated rings. The van der Waals surface area contributed by atoms with Crippen LogP contribution in [-0.4, -0.2) is 43.6 Å². The summed E-state index contributed by atoms with van der Waals surface area (Å²) in [5.41, 5.74) is 1.08. The Hall–Kier alpha value is -2.54. The summed E-state index contributed by atoms with van der Waals surface area (Å²) < 4.78 is 5.34. The lowest BCUT2D eigenvalue weighted by Crippen LogP contribution is -2.44. The van der Waals surface area contributed by atoms with Gasteiger partial charge in [-0.3, -0.25) is 10.1 Å². The molecule has 0 unspecified atom stereocenters. The molecular formula is C20H25N3O3S. The van der Waals surface area contributed by atoms with Gasteiger partial charge in [-0.05, 0) is 48.4 Å². The highest BCUT2D eigenvalue weighted by Crippen LogP contribution is 2.21. The molecule has 1 aliphatic heterocycles. The van der Waals surface area contributed by atoms with Crippen molar-refractivity contribution in [3.05, 3.63) is 47.3 Å². The van der Waals surface area contributed by atoms with Gasteiger partial charge in [0.05, 0.1) is 12.1 Å². The van der Waals surface area contributed by atoms with E-state index < -0.39 is 0 Å². The van der Waals surface area contributed by atoms with Crippen LogP contribution >= 0.6 is 11.3 Å². The standard InChI is InChI=1S/C20H25N3O3S/c1-26-17-6-3-2-5-15(17)8-11-21-19(24)16-9-12-23(13-10-16)20(25)22-18-7-4-14-27-18/h2-7,14,16H,8-13H2,1H3,(H,21,24)(H,22,25). The summed E-state index contributed by atoms with van der Waals surface area (Å²) in [5.74, 6) is 0.883. The molecule has 1 aromatic heterocycles. The normalized spacial score (nSPS) is 14.6. The number of nitrogens with zero attached hydrogens (tertiary/aromatic N) is 1. The Morgan fingerprint density at radius 2 is 1.96 bits per heavy atom. The zero-order chi connectivity index (χ0) is 19.1. The third kappa shape index (κ3) is 5.23. The molecule has 1 aromatic carbocycles. The molecule has 3 amide bonds. The van der Waals surface area contributed by atoms with E-state index in [9.17, 15) is 9.59 Å². The van der Waals surface area contributed by atoms with E-state index in [1.54, 1.807) is 12.0 Å². The summed E-state index contributed by atoms with van der Waals surface area (Å²) >= 11 is 1.50. The summed E-state index contributed by atoms with van der Waals surface area (Å²) in [6.45, 7) is 1.78. The number of piperidine rings is 1. The maximum Gasteiger partial charge on any atom is 0.322 e. The largest absolute Gasteiger partial charge is 0.496 e. The first kappa shape index (κ1) is 19.2. The van der Waals surface area contributed by atoms with Crippen LogP contribution in [0.5, 0.6) is 5.75 Å². The van der Waals surface area contributed by atoms with Crippen LogP contribution in [0, 0.1) is 5.92 Å². The first-order valence-electron chi connectivity index (χ1n) is 9.16. The average Bonchev–Trinajstić information content (AvgIpc) is 3.21. The van der Waals surface area contributed by atoms with E-state index in [4.69, 9.17) is 4.74 Å². The van der Waals surface area contributed by atoms with Gasteiger partial charge in [-0.15, -0.1) is 11.3 Å². The third-order valence-corrected chi connectivity index (χ3v) is 5.58. The number of nitrogens with one attached hydrogen (secondary N) is 2. The molecule has 1 aliphatic rings. The van der Waals surface area contributed by atoms with Crippen LogP contribution in [0.4, 0.5) is 9.80 Å². The van der Waals surface area contributed by atoms with Gasteiger partial charge >= 0.3 is 6.03 Å². The van der Waals surface area contributed by atoms with Gasteiger partial charge in [-0.2, -0.15) is 0 Å². The lowest BCUT2D eigenvalue weighted by Gasteiger charge is -2.31. The molecule has 2 N–H and O–H groups in total. The molecule has 3 rings (SSSR count). The van der Waals surface area contributed by atoms with E-state index in [0.29, 0.717) is 32.5 Å². The number of hydrogen-bond donors (Lipinski definition) is 2. The second-order valence-corrected chi connectivity index (χ2v) is 7.47. The van der Waals surface area contributed by atoms with Crippen LogP contribution in [0.15, 0.2) is 41.8 Å². The summed E-state index contributed by atoms with van der Waals surface area (Å²) in [4.78, 5) is 26.4. The van der Waals surface area contributed by atoms with Crippen molar-refractivity contribution < 1.29 is 14.3 Å². The molecule has 27 heavy (non-hydrogen) atoms. The summed E-state index contributed by atoms with van der Waals surface area (Å²) in [6, 6.07) is 11.5. The Morgan fingerprint density at radius 3 is 2.67 bits per heavy atom. The smallest absolute Gasteiger partial charge is 0.322 e. The Labute approximate surface area is 163 Å². The van der Waals surface area contributed by atoms with Crippen molar-refractivity contribution in [3.63, 3.8) is 0 Å². The molecule has 0 atom stereocenters. The number of carbonyl (C=O) groups is 2. The van der Waals surface area contributed by atoms with Gasteiger partial charge in [0.25, 0.3) is 0 Å².